The summed E-state index contributed by atoms with van der Waals surface area (Å²) in [6, 6.07) is 16.6. The molecule has 2 atom stereocenters. The number of carbonyl (C=O) groups excluding carboxylic acids is 1. The molecule has 1 fully saturated rings. The Morgan fingerprint density at radius 3 is 1.98 bits per heavy atom. The van der Waals surface area contributed by atoms with Crippen molar-refractivity contribution in [3.63, 3.8) is 0 Å². The summed E-state index contributed by atoms with van der Waals surface area (Å²) in [4.78, 5) is 28.6. The van der Waals surface area contributed by atoms with Crippen molar-refractivity contribution < 1.29 is 17.9 Å². The van der Waals surface area contributed by atoms with E-state index < -0.39 is 21.1 Å². The third kappa shape index (κ3) is 6.12. The molecule has 2 aromatic carbocycles. The highest BCUT2D eigenvalue weighted by Crippen LogP contribution is 2.54. The van der Waals surface area contributed by atoms with Gasteiger partial charge in [-0.2, -0.15) is 4.31 Å². The number of rotatable bonds is 6. The first-order chi connectivity index (χ1) is 21.5. The molecule has 2 aliphatic rings. The Hall–Kier alpha value is -3.18. The van der Waals surface area contributed by atoms with E-state index in [4.69, 9.17) is 37.9 Å². The molecule has 2 amide bonds. The highest BCUT2D eigenvalue weighted by Gasteiger charge is 2.60. The zero-order valence-electron chi connectivity index (χ0n) is 27.3. The van der Waals surface area contributed by atoms with Gasteiger partial charge in [0.2, 0.25) is 10.0 Å². The van der Waals surface area contributed by atoms with Gasteiger partial charge in [0.25, 0.3) is 0 Å². The van der Waals surface area contributed by atoms with Crippen molar-refractivity contribution in [3.05, 3.63) is 93.2 Å². The van der Waals surface area contributed by atoms with E-state index in [1.165, 1.54) is 10.6 Å². The third-order valence-electron chi connectivity index (χ3n) is 9.09. The number of carbonyl (C=O) groups is 1. The lowest BCUT2D eigenvalue weighted by Crippen LogP contribution is -2.61. The standard InChI is InChI=1S/C34H41Cl2N5O4S/c1-8-45-28-21-29(32(2,3)4)37-22-27(28)30-38-33(5,23-9-13-25(35)14-10-23)34(6,24-11-15-26(36)16-12-24)41(30)31(42)39-17-19-40(20-18-39)46(7,43)44/h9-16,21-22H,8,17-20H2,1-7H3/t33-,34+/m0/s1. The first-order valence-corrected chi connectivity index (χ1v) is 17.9. The number of piperazine rings is 1. The number of hydrogen-bond donors (Lipinski definition) is 0. The Balaban J connectivity index is 1.76. The first-order valence-electron chi connectivity index (χ1n) is 15.3. The minimum atomic E-state index is -3.39. The van der Waals surface area contributed by atoms with Crippen LogP contribution in [-0.4, -0.2) is 78.4 Å². The molecule has 2 aliphatic heterocycles. The van der Waals surface area contributed by atoms with E-state index in [9.17, 15) is 13.2 Å². The predicted octanol–water partition coefficient (Wildman–Crippen LogP) is 6.67. The number of aliphatic imine (C=N–C) groups is 1. The molecule has 0 N–H and O–H groups in total. The number of benzene rings is 2. The third-order valence-corrected chi connectivity index (χ3v) is 10.9. The molecule has 0 radical (unpaired) electrons. The molecule has 3 aromatic rings. The number of urea groups is 1. The van der Waals surface area contributed by atoms with Crippen LogP contribution in [0.1, 0.15) is 63.9 Å². The summed E-state index contributed by atoms with van der Waals surface area (Å²) in [6.07, 6.45) is 2.93. The molecule has 12 heteroatoms. The monoisotopic (exact) mass is 685 g/mol. The second-order valence-corrected chi connectivity index (χ2v) is 16.0. The normalized spacial score (nSPS) is 22.6. The van der Waals surface area contributed by atoms with Gasteiger partial charge in [0.15, 0.2) is 0 Å². The molecular weight excluding hydrogens is 645 g/mol. The molecule has 0 aliphatic carbocycles. The molecule has 1 aromatic heterocycles. The van der Waals surface area contributed by atoms with Gasteiger partial charge in [0, 0.05) is 59.6 Å². The second kappa shape index (κ2) is 12.4. The number of amidine groups is 1. The van der Waals surface area contributed by atoms with Gasteiger partial charge in [0.1, 0.15) is 22.7 Å². The molecule has 0 saturated carbocycles. The molecule has 46 heavy (non-hydrogen) atoms. The number of nitrogens with zero attached hydrogens (tertiary/aromatic N) is 5. The Morgan fingerprint density at radius 2 is 1.48 bits per heavy atom. The van der Waals surface area contributed by atoms with Crippen molar-refractivity contribution in [3.8, 4) is 5.75 Å². The number of hydrogen-bond acceptors (Lipinski definition) is 6. The van der Waals surface area contributed by atoms with E-state index in [2.05, 4.69) is 20.8 Å². The van der Waals surface area contributed by atoms with E-state index in [1.54, 1.807) is 28.1 Å². The molecule has 9 nitrogen and oxygen atoms in total. The van der Waals surface area contributed by atoms with E-state index in [-0.39, 0.29) is 37.6 Å². The lowest BCUT2D eigenvalue weighted by atomic mass is 9.71. The highest BCUT2D eigenvalue weighted by molar-refractivity contribution is 7.88. The zero-order chi connectivity index (χ0) is 33.7. The van der Waals surface area contributed by atoms with Crippen LogP contribution < -0.4 is 4.74 Å². The lowest BCUT2D eigenvalue weighted by Gasteiger charge is -2.47. The van der Waals surface area contributed by atoms with E-state index in [1.807, 2.05) is 63.2 Å². The van der Waals surface area contributed by atoms with Gasteiger partial charge in [-0.05, 0) is 56.2 Å². The maximum atomic E-state index is 15.0. The van der Waals surface area contributed by atoms with Crippen LogP contribution in [0.4, 0.5) is 4.79 Å². The molecular formula is C34H41Cl2N5O4S. The fraction of sp³-hybridized carbons (Fsp3) is 0.441. The van der Waals surface area contributed by atoms with Crippen LogP contribution in [0.2, 0.25) is 10.0 Å². The van der Waals surface area contributed by atoms with Crippen LogP contribution in [0.15, 0.2) is 65.8 Å². The summed E-state index contributed by atoms with van der Waals surface area (Å²) in [6.45, 7) is 13.4. The molecule has 3 heterocycles. The summed E-state index contributed by atoms with van der Waals surface area (Å²) < 4.78 is 32.2. The summed E-state index contributed by atoms with van der Waals surface area (Å²) in [5.74, 6) is 0.974. The number of amides is 2. The van der Waals surface area contributed by atoms with Crippen molar-refractivity contribution in [1.29, 1.82) is 0 Å². The summed E-state index contributed by atoms with van der Waals surface area (Å²) in [7, 11) is -3.39. The van der Waals surface area contributed by atoms with Crippen LogP contribution in [0, 0.1) is 0 Å². The Morgan fingerprint density at radius 1 is 0.935 bits per heavy atom. The van der Waals surface area contributed by atoms with Crippen LogP contribution in [0.3, 0.4) is 0 Å². The molecule has 0 unspecified atom stereocenters. The average Bonchev–Trinajstić information content (AvgIpc) is 3.24. The first kappa shape index (κ1) is 34.2. The van der Waals surface area contributed by atoms with Gasteiger partial charge in [-0.3, -0.25) is 14.9 Å². The van der Waals surface area contributed by atoms with Crippen molar-refractivity contribution in [2.75, 3.05) is 39.0 Å². The fourth-order valence-electron chi connectivity index (χ4n) is 6.21. The zero-order valence-corrected chi connectivity index (χ0v) is 29.7. The number of aromatic nitrogens is 1. The average molecular weight is 687 g/mol. The highest BCUT2D eigenvalue weighted by atomic mass is 35.5. The van der Waals surface area contributed by atoms with Crippen molar-refractivity contribution in [1.82, 2.24) is 19.1 Å². The fourth-order valence-corrected chi connectivity index (χ4v) is 7.29. The summed E-state index contributed by atoms with van der Waals surface area (Å²) in [5, 5.41) is 1.15. The van der Waals surface area contributed by atoms with Crippen LogP contribution in [0.25, 0.3) is 0 Å². The SMILES string of the molecule is CCOc1cc(C(C)(C)C)ncc1C1=N[C@@](C)(c2ccc(Cl)cc2)[C@@](C)(c2ccc(Cl)cc2)N1C(=O)N1CCN(S(C)(=O)=O)CC1. The summed E-state index contributed by atoms with van der Waals surface area (Å²) in [5.41, 5.74) is 0.737. The van der Waals surface area contributed by atoms with Crippen molar-refractivity contribution >= 4 is 45.1 Å². The van der Waals surface area contributed by atoms with Crippen LogP contribution >= 0.6 is 23.2 Å². The largest absolute Gasteiger partial charge is 0.493 e. The van der Waals surface area contributed by atoms with Gasteiger partial charge in [-0.1, -0.05) is 68.2 Å². The van der Waals surface area contributed by atoms with Crippen molar-refractivity contribution in [2.45, 2.75) is 58.0 Å². The maximum absolute atomic E-state index is 15.0. The van der Waals surface area contributed by atoms with Gasteiger partial charge in [-0.15, -0.1) is 0 Å². The van der Waals surface area contributed by atoms with E-state index >= 15 is 0 Å². The minimum Gasteiger partial charge on any atom is -0.493 e. The molecule has 0 spiro atoms. The molecule has 5 rings (SSSR count). The molecule has 246 valence electrons. The predicted molar refractivity (Wildman–Crippen MR) is 183 cm³/mol. The van der Waals surface area contributed by atoms with Gasteiger partial charge >= 0.3 is 6.03 Å². The van der Waals surface area contributed by atoms with Gasteiger partial charge in [-0.25, -0.2) is 13.2 Å². The van der Waals surface area contributed by atoms with Crippen molar-refractivity contribution in [2.24, 2.45) is 4.99 Å². The second-order valence-electron chi connectivity index (χ2n) is 13.1. The number of halogens is 2. The van der Waals surface area contributed by atoms with Gasteiger partial charge in [0.05, 0.1) is 18.4 Å². The van der Waals surface area contributed by atoms with E-state index in [0.717, 1.165) is 16.8 Å². The summed E-state index contributed by atoms with van der Waals surface area (Å²) >= 11 is 12.7. The van der Waals surface area contributed by atoms with Gasteiger partial charge < -0.3 is 9.64 Å². The Bertz CT molecular complexity index is 1750. The van der Waals surface area contributed by atoms with E-state index in [0.29, 0.717) is 33.8 Å². The lowest BCUT2D eigenvalue weighted by molar-refractivity contribution is 0.0979. The Labute approximate surface area is 282 Å². The number of ether oxygens (including phenoxy) is 1. The van der Waals surface area contributed by atoms with Crippen LogP contribution in [-0.2, 0) is 26.5 Å². The number of sulfonamides is 1. The minimum absolute atomic E-state index is 0.197. The molecule has 1 saturated heterocycles. The van der Waals surface area contributed by atoms with Crippen LogP contribution in [0.5, 0.6) is 5.75 Å². The topological polar surface area (TPSA) is 95.4 Å². The smallest absolute Gasteiger partial charge is 0.326 e. The quantitative estimate of drug-likeness (QED) is 0.289. The Kier molecular flexibility index (Phi) is 9.24. The molecule has 0 bridgehead atoms. The maximum Gasteiger partial charge on any atom is 0.326 e. The number of pyridine rings is 1.